The number of carbonyl (C=O) groups is 2. The Hall–Kier alpha value is -3.18. The minimum atomic E-state index is -0.268. The number of amides is 3. The number of nitrogens with zero attached hydrogens (tertiary/aromatic N) is 5. The van der Waals surface area contributed by atoms with Gasteiger partial charge in [0.15, 0.2) is 0 Å². The SMILES string of the molecule is CCCCOc1nc(N)cc(N(CC2=CCC(C)(CN3CCC(C4CCN(C(=O)CCN)CC4)CC3)C=C2)C(=O)NC)n1. The number of ether oxygens (including phenoxy) is 1. The Bertz CT molecular complexity index is 1140. The van der Waals surface area contributed by atoms with Gasteiger partial charge in [-0.2, -0.15) is 9.97 Å². The number of nitrogens with one attached hydrogen (secondary N) is 1. The van der Waals surface area contributed by atoms with Gasteiger partial charge in [-0.1, -0.05) is 38.5 Å². The normalized spacial score (nSPS) is 21.9. The number of nitrogen functional groups attached to an aromatic ring is 1. The highest BCUT2D eigenvalue weighted by molar-refractivity contribution is 5.91. The molecule has 1 atom stereocenters. The van der Waals surface area contributed by atoms with Crippen LogP contribution in [-0.4, -0.2) is 91.2 Å². The molecule has 2 saturated heterocycles. The number of rotatable bonds is 12. The fourth-order valence-corrected chi connectivity index (χ4v) is 6.55. The van der Waals surface area contributed by atoms with Crippen molar-refractivity contribution < 1.29 is 14.3 Å². The largest absolute Gasteiger partial charge is 0.463 e. The van der Waals surface area contributed by atoms with Gasteiger partial charge < -0.3 is 31.3 Å². The van der Waals surface area contributed by atoms with E-state index >= 15 is 0 Å². The van der Waals surface area contributed by atoms with Crippen molar-refractivity contribution in [3.63, 3.8) is 0 Å². The maximum atomic E-state index is 12.9. The van der Waals surface area contributed by atoms with Crippen LogP contribution in [0.2, 0.25) is 0 Å². The van der Waals surface area contributed by atoms with E-state index in [9.17, 15) is 9.59 Å². The lowest BCUT2D eigenvalue weighted by atomic mass is 9.77. The second kappa shape index (κ2) is 15.5. The first-order valence-electron chi connectivity index (χ1n) is 16.1. The van der Waals surface area contributed by atoms with Crippen molar-refractivity contribution in [2.45, 2.75) is 65.2 Å². The van der Waals surface area contributed by atoms with E-state index < -0.39 is 0 Å². The van der Waals surface area contributed by atoms with Gasteiger partial charge in [0.1, 0.15) is 11.6 Å². The predicted molar refractivity (Wildman–Crippen MR) is 171 cm³/mol. The fourth-order valence-electron chi connectivity index (χ4n) is 6.55. The molecule has 0 aromatic carbocycles. The van der Waals surface area contributed by atoms with Gasteiger partial charge >= 0.3 is 12.0 Å². The molecule has 1 aliphatic carbocycles. The summed E-state index contributed by atoms with van der Waals surface area (Å²) in [5.41, 5.74) is 12.7. The average Bonchev–Trinajstić information content (AvgIpc) is 3.01. The number of unbranched alkanes of at least 4 members (excludes halogenated alkanes) is 1. The van der Waals surface area contributed by atoms with Crippen LogP contribution in [-0.2, 0) is 4.79 Å². The zero-order valence-corrected chi connectivity index (χ0v) is 26.4. The molecule has 0 radical (unpaired) electrons. The Morgan fingerprint density at radius 3 is 2.44 bits per heavy atom. The molecule has 0 saturated carbocycles. The summed E-state index contributed by atoms with van der Waals surface area (Å²) >= 11 is 0. The molecule has 4 rings (SSSR count). The number of hydrogen-bond acceptors (Lipinski definition) is 8. The minimum absolute atomic E-state index is 0.0442. The number of anilines is 2. The van der Waals surface area contributed by atoms with E-state index in [-0.39, 0.29) is 29.2 Å². The van der Waals surface area contributed by atoms with Crippen LogP contribution >= 0.6 is 0 Å². The van der Waals surface area contributed by atoms with Crippen molar-refractivity contribution in [3.8, 4) is 6.01 Å². The maximum Gasteiger partial charge on any atom is 0.323 e. The molecule has 0 bridgehead atoms. The Labute approximate surface area is 257 Å². The molecular weight excluding hydrogens is 544 g/mol. The number of piperidine rings is 2. The third kappa shape index (κ3) is 9.15. The number of urea groups is 1. The standard InChI is InChI=1S/C32H52N8O3/c1-4-5-20-43-30-36-27(34)21-28(37-30)40(31(42)35-3)22-24-6-13-32(2,14-7-24)23-38-16-9-25(10-17-38)26-11-18-39(19-12-26)29(41)8-15-33/h6-7,13,21,25-26H,4-5,8-12,14-20,22-23,33H2,1-3H3,(H,35,42)(H2,34,36,37). The predicted octanol–water partition coefficient (Wildman–Crippen LogP) is 3.58. The van der Waals surface area contributed by atoms with Crippen LogP contribution in [0.15, 0.2) is 29.9 Å². The average molecular weight is 597 g/mol. The maximum absolute atomic E-state index is 12.9. The summed E-state index contributed by atoms with van der Waals surface area (Å²) in [6, 6.07) is 1.52. The van der Waals surface area contributed by atoms with Gasteiger partial charge in [0, 0.05) is 51.1 Å². The van der Waals surface area contributed by atoms with Gasteiger partial charge in [0.2, 0.25) is 5.91 Å². The van der Waals surface area contributed by atoms with Crippen LogP contribution in [0.25, 0.3) is 0 Å². The highest BCUT2D eigenvalue weighted by atomic mass is 16.5. The van der Waals surface area contributed by atoms with Crippen molar-refractivity contribution in [1.82, 2.24) is 25.1 Å². The van der Waals surface area contributed by atoms with E-state index in [0.717, 1.165) is 82.2 Å². The summed E-state index contributed by atoms with van der Waals surface area (Å²) in [5.74, 6) is 2.37. The second-order valence-electron chi connectivity index (χ2n) is 12.6. The van der Waals surface area contributed by atoms with Crippen molar-refractivity contribution in [2.75, 3.05) is 70.1 Å². The first-order valence-corrected chi connectivity index (χ1v) is 16.1. The number of hydrogen-bond donors (Lipinski definition) is 3. The molecule has 2 fully saturated rings. The Morgan fingerprint density at radius 1 is 1.14 bits per heavy atom. The lowest BCUT2D eigenvalue weighted by Crippen LogP contribution is -2.45. The summed E-state index contributed by atoms with van der Waals surface area (Å²) in [6.07, 6.45) is 14.7. The van der Waals surface area contributed by atoms with Crippen LogP contribution in [0.4, 0.5) is 16.4 Å². The van der Waals surface area contributed by atoms with Gasteiger partial charge in [-0.3, -0.25) is 9.69 Å². The molecule has 1 aromatic heterocycles. The summed E-state index contributed by atoms with van der Waals surface area (Å²) < 4.78 is 5.67. The van der Waals surface area contributed by atoms with Crippen molar-refractivity contribution >= 4 is 23.6 Å². The number of likely N-dealkylation sites (tertiary alicyclic amines) is 2. The topological polar surface area (TPSA) is 143 Å². The Kier molecular flexibility index (Phi) is 11.8. The highest BCUT2D eigenvalue weighted by Gasteiger charge is 2.33. The molecule has 11 heteroatoms. The van der Waals surface area contributed by atoms with Gasteiger partial charge in [-0.15, -0.1) is 0 Å². The zero-order chi connectivity index (χ0) is 30.8. The Morgan fingerprint density at radius 2 is 1.84 bits per heavy atom. The molecular formula is C32H52N8O3. The molecule has 238 valence electrons. The van der Waals surface area contributed by atoms with Gasteiger partial charge in [0.25, 0.3) is 0 Å². The van der Waals surface area contributed by atoms with Crippen molar-refractivity contribution in [3.05, 3.63) is 29.9 Å². The van der Waals surface area contributed by atoms with E-state index in [0.29, 0.717) is 31.9 Å². The third-order valence-corrected chi connectivity index (χ3v) is 9.18. The van der Waals surface area contributed by atoms with E-state index in [2.05, 4.69) is 52.3 Å². The summed E-state index contributed by atoms with van der Waals surface area (Å²) in [7, 11) is 1.61. The highest BCUT2D eigenvalue weighted by Crippen LogP contribution is 2.36. The van der Waals surface area contributed by atoms with Crippen LogP contribution in [0.5, 0.6) is 6.01 Å². The lowest BCUT2D eigenvalue weighted by Gasteiger charge is -2.42. The molecule has 43 heavy (non-hydrogen) atoms. The fraction of sp³-hybridized carbons (Fsp3) is 0.688. The molecule has 3 heterocycles. The molecule has 1 aromatic rings. The smallest absolute Gasteiger partial charge is 0.323 e. The van der Waals surface area contributed by atoms with Crippen molar-refractivity contribution in [2.24, 2.45) is 23.0 Å². The van der Waals surface area contributed by atoms with E-state index in [1.807, 2.05) is 4.90 Å². The molecule has 11 nitrogen and oxygen atoms in total. The first kappa shape index (κ1) is 32.7. The monoisotopic (exact) mass is 596 g/mol. The third-order valence-electron chi connectivity index (χ3n) is 9.18. The molecule has 5 N–H and O–H groups in total. The van der Waals surface area contributed by atoms with E-state index in [1.54, 1.807) is 18.0 Å². The number of aromatic nitrogens is 2. The number of carbonyl (C=O) groups excluding carboxylic acids is 2. The van der Waals surface area contributed by atoms with E-state index in [1.165, 1.54) is 12.8 Å². The zero-order valence-electron chi connectivity index (χ0n) is 26.4. The molecule has 0 spiro atoms. The van der Waals surface area contributed by atoms with Crippen molar-refractivity contribution in [1.29, 1.82) is 0 Å². The summed E-state index contributed by atoms with van der Waals surface area (Å²) in [5, 5.41) is 2.72. The minimum Gasteiger partial charge on any atom is -0.463 e. The first-order chi connectivity index (χ1) is 20.7. The quantitative estimate of drug-likeness (QED) is 0.311. The van der Waals surface area contributed by atoms with Crippen LogP contribution in [0, 0.1) is 17.3 Å². The summed E-state index contributed by atoms with van der Waals surface area (Å²) in [4.78, 5) is 39.9. The van der Waals surface area contributed by atoms with Gasteiger partial charge in [0.05, 0.1) is 13.2 Å². The summed E-state index contributed by atoms with van der Waals surface area (Å²) in [6.45, 7) is 10.8. The Balaban J connectivity index is 1.28. The van der Waals surface area contributed by atoms with Gasteiger partial charge in [-0.25, -0.2) is 4.79 Å². The van der Waals surface area contributed by atoms with Crippen LogP contribution in [0.3, 0.4) is 0 Å². The van der Waals surface area contributed by atoms with Crippen LogP contribution < -0.4 is 26.4 Å². The molecule has 3 amide bonds. The molecule has 1 unspecified atom stereocenters. The number of allylic oxidation sites excluding steroid dienone is 1. The van der Waals surface area contributed by atoms with Gasteiger partial charge in [-0.05, 0) is 69.0 Å². The van der Waals surface area contributed by atoms with E-state index in [4.69, 9.17) is 16.2 Å². The molecule has 3 aliphatic rings. The van der Waals surface area contributed by atoms with Crippen LogP contribution in [0.1, 0.15) is 65.2 Å². The lowest BCUT2D eigenvalue weighted by molar-refractivity contribution is -0.132. The molecule has 2 aliphatic heterocycles. The number of nitrogens with two attached hydrogens (primary N) is 2. The second-order valence-corrected chi connectivity index (χ2v) is 12.6.